The molecule has 2 rings (SSSR count). The lowest BCUT2D eigenvalue weighted by molar-refractivity contribution is 0.913. The van der Waals surface area contributed by atoms with Crippen molar-refractivity contribution < 1.29 is 0 Å². The van der Waals surface area contributed by atoms with Gasteiger partial charge >= 0.3 is 0 Å². The molecule has 0 amide bonds. The highest BCUT2D eigenvalue weighted by Gasteiger charge is 2.07. The van der Waals surface area contributed by atoms with Gasteiger partial charge in [-0.1, -0.05) is 0 Å². The van der Waals surface area contributed by atoms with E-state index in [2.05, 4.69) is 19.9 Å². The van der Waals surface area contributed by atoms with Crippen LogP contribution in [-0.4, -0.2) is 24.5 Å². The van der Waals surface area contributed by atoms with Crippen molar-refractivity contribution in [2.75, 3.05) is 5.73 Å². The number of hydrogen-bond donors (Lipinski definition) is 1. The van der Waals surface area contributed by atoms with Crippen molar-refractivity contribution in [3.63, 3.8) is 0 Å². The predicted octanol–water partition coefficient (Wildman–Crippen LogP) is 0.508. The van der Waals surface area contributed by atoms with E-state index in [9.17, 15) is 0 Å². The number of nitrogen functional groups attached to an aromatic ring is 1. The minimum Gasteiger partial charge on any atom is -0.368 e. The number of imidazole rings is 1. The molecule has 7 heteroatoms. The van der Waals surface area contributed by atoms with Gasteiger partial charge < -0.3 is 10.3 Å². The summed E-state index contributed by atoms with van der Waals surface area (Å²) in [6, 6.07) is 0. The third kappa shape index (κ3) is 1.64. The minimum atomic E-state index is 0.0677. The maximum Gasteiger partial charge on any atom is 0.227 e. The number of hydrogen-bond acceptors (Lipinski definition) is 5. The van der Waals surface area contributed by atoms with E-state index < -0.39 is 0 Å². The molecule has 0 aliphatic carbocycles. The summed E-state index contributed by atoms with van der Waals surface area (Å²) >= 11 is 5.63. The van der Waals surface area contributed by atoms with Gasteiger partial charge in [0.05, 0.1) is 6.33 Å². The Morgan fingerprint density at radius 3 is 2.71 bits per heavy atom. The lowest BCUT2D eigenvalue weighted by atomic mass is 10.4. The molecule has 14 heavy (non-hydrogen) atoms. The van der Waals surface area contributed by atoms with Crippen LogP contribution in [0.1, 0.15) is 0 Å². The first-order valence-electron chi connectivity index (χ1n) is 3.80. The van der Waals surface area contributed by atoms with E-state index in [1.54, 1.807) is 17.1 Å². The molecule has 72 valence electrons. The van der Waals surface area contributed by atoms with Gasteiger partial charge in [-0.2, -0.15) is 15.0 Å². The van der Waals surface area contributed by atoms with E-state index in [0.29, 0.717) is 11.5 Å². The summed E-state index contributed by atoms with van der Waals surface area (Å²) in [5, 5.41) is 0.0677. The molecule has 0 aliphatic heterocycles. The van der Waals surface area contributed by atoms with Crippen molar-refractivity contribution in [2.24, 2.45) is 7.05 Å². The van der Waals surface area contributed by atoms with Gasteiger partial charge in [0, 0.05) is 13.2 Å². The van der Waals surface area contributed by atoms with Crippen LogP contribution < -0.4 is 5.73 Å². The summed E-state index contributed by atoms with van der Waals surface area (Å²) in [5.41, 5.74) is 6.04. The fraction of sp³-hybridized carbons (Fsp3) is 0.143. The number of halogens is 1. The zero-order valence-electron chi connectivity index (χ0n) is 7.35. The van der Waals surface area contributed by atoms with Crippen LogP contribution in [0, 0.1) is 0 Å². The Hall–Kier alpha value is -1.69. The Kier molecular flexibility index (Phi) is 2.05. The van der Waals surface area contributed by atoms with Gasteiger partial charge in [-0.05, 0) is 11.6 Å². The molecule has 0 saturated heterocycles. The van der Waals surface area contributed by atoms with E-state index in [4.69, 9.17) is 17.3 Å². The lowest BCUT2D eigenvalue weighted by Gasteiger charge is -1.96. The van der Waals surface area contributed by atoms with Crippen LogP contribution in [0.4, 0.5) is 5.95 Å². The average Bonchev–Trinajstić information content (AvgIpc) is 2.50. The molecule has 6 nitrogen and oxygen atoms in total. The van der Waals surface area contributed by atoms with Crippen LogP contribution in [0.2, 0.25) is 5.28 Å². The Morgan fingerprint density at radius 2 is 2.14 bits per heavy atom. The second kappa shape index (κ2) is 3.22. The number of nitrogens with two attached hydrogens (primary N) is 1. The molecule has 0 radical (unpaired) electrons. The second-order valence-corrected chi connectivity index (χ2v) is 3.05. The van der Waals surface area contributed by atoms with E-state index in [0.717, 1.165) is 0 Å². The first kappa shape index (κ1) is 8.89. The van der Waals surface area contributed by atoms with Gasteiger partial charge in [0.1, 0.15) is 5.69 Å². The van der Waals surface area contributed by atoms with E-state index >= 15 is 0 Å². The first-order valence-corrected chi connectivity index (χ1v) is 4.18. The highest BCUT2D eigenvalue weighted by atomic mass is 35.5. The number of rotatable bonds is 1. The topological polar surface area (TPSA) is 82.5 Å². The monoisotopic (exact) mass is 210 g/mol. The molecular formula is C7H7ClN6. The normalized spacial score (nSPS) is 10.4. The van der Waals surface area contributed by atoms with Crippen molar-refractivity contribution in [3.8, 4) is 11.5 Å². The molecule has 0 aromatic carbocycles. The maximum atomic E-state index is 5.63. The second-order valence-electron chi connectivity index (χ2n) is 2.71. The quantitative estimate of drug-likeness (QED) is 0.742. The van der Waals surface area contributed by atoms with E-state index in [1.807, 2.05) is 7.05 Å². The first-order chi connectivity index (χ1) is 6.65. The van der Waals surface area contributed by atoms with Gasteiger partial charge in [0.2, 0.25) is 11.2 Å². The maximum absolute atomic E-state index is 5.63. The van der Waals surface area contributed by atoms with Crippen LogP contribution >= 0.6 is 11.6 Å². The summed E-state index contributed by atoms with van der Waals surface area (Å²) in [6.07, 6.45) is 3.41. The molecule has 0 atom stereocenters. The summed E-state index contributed by atoms with van der Waals surface area (Å²) < 4.78 is 1.78. The molecule has 2 heterocycles. The highest BCUT2D eigenvalue weighted by molar-refractivity contribution is 6.28. The highest BCUT2D eigenvalue weighted by Crippen LogP contribution is 2.13. The largest absolute Gasteiger partial charge is 0.368 e. The molecule has 0 saturated carbocycles. The van der Waals surface area contributed by atoms with Crippen molar-refractivity contribution in [3.05, 3.63) is 17.8 Å². The fourth-order valence-corrected chi connectivity index (χ4v) is 1.17. The third-order valence-corrected chi connectivity index (χ3v) is 1.73. The SMILES string of the molecule is Cn1cnc(-c2nc(N)nc(Cl)n2)c1. The van der Waals surface area contributed by atoms with Crippen LogP contribution in [0.15, 0.2) is 12.5 Å². The Morgan fingerprint density at radius 1 is 1.36 bits per heavy atom. The smallest absolute Gasteiger partial charge is 0.227 e. The van der Waals surface area contributed by atoms with Crippen LogP contribution in [0.25, 0.3) is 11.5 Å². The van der Waals surface area contributed by atoms with Crippen LogP contribution in [-0.2, 0) is 7.05 Å². The minimum absolute atomic E-state index is 0.0677. The van der Waals surface area contributed by atoms with Gasteiger partial charge in [-0.3, -0.25) is 0 Å². The Balaban J connectivity index is 2.51. The number of aromatic nitrogens is 5. The average molecular weight is 211 g/mol. The summed E-state index contributed by atoms with van der Waals surface area (Å²) in [7, 11) is 1.85. The van der Waals surface area contributed by atoms with Crippen LogP contribution in [0.3, 0.4) is 0 Å². The van der Waals surface area contributed by atoms with Gasteiger partial charge in [-0.25, -0.2) is 4.98 Å². The lowest BCUT2D eigenvalue weighted by Crippen LogP contribution is -1.99. The molecule has 2 aromatic heterocycles. The van der Waals surface area contributed by atoms with Crippen molar-refractivity contribution in [1.82, 2.24) is 24.5 Å². The molecular weight excluding hydrogens is 204 g/mol. The van der Waals surface area contributed by atoms with Crippen molar-refractivity contribution in [2.45, 2.75) is 0 Å². The van der Waals surface area contributed by atoms with Crippen molar-refractivity contribution >= 4 is 17.5 Å². The fourth-order valence-electron chi connectivity index (χ4n) is 1.01. The molecule has 2 N–H and O–H groups in total. The summed E-state index contributed by atoms with van der Waals surface area (Å²) in [5.74, 6) is 0.466. The number of aryl methyl sites for hydroxylation is 1. The van der Waals surface area contributed by atoms with Gasteiger partial charge in [0.15, 0.2) is 5.82 Å². The standard InChI is InChI=1S/C7H7ClN6/c1-14-2-4(10-3-14)5-11-6(8)13-7(9)12-5/h2-3H,1H3,(H2,9,11,12,13). The molecule has 0 fully saturated rings. The number of nitrogens with zero attached hydrogens (tertiary/aromatic N) is 5. The van der Waals surface area contributed by atoms with Crippen molar-refractivity contribution in [1.29, 1.82) is 0 Å². The molecule has 0 bridgehead atoms. The Labute approximate surface area is 84.8 Å². The zero-order chi connectivity index (χ0) is 10.1. The van der Waals surface area contributed by atoms with Gasteiger partial charge in [-0.15, -0.1) is 0 Å². The van der Waals surface area contributed by atoms with E-state index in [-0.39, 0.29) is 11.2 Å². The zero-order valence-corrected chi connectivity index (χ0v) is 8.10. The molecule has 0 aliphatic rings. The van der Waals surface area contributed by atoms with Crippen LogP contribution in [0.5, 0.6) is 0 Å². The molecule has 2 aromatic rings. The summed E-state index contributed by atoms with van der Waals surface area (Å²) in [6.45, 7) is 0. The number of anilines is 1. The van der Waals surface area contributed by atoms with Gasteiger partial charge in [0.25, 0.3) is 0 Å². The molecule has 0 unspecified atom stereocenters. The van der Waals surface area contributed by atoms with E-state index in [1.165, 1.54) is 0 Å². The third-order valence-electron chi connectivity index (χ3n) is 1.56. The Bertz CT molecular complexity index is 445. The predicted molar refractivity (Wildman–Crippen MR) is 51.5 cm³/mol. The molecule has 0 spiro atoms. The summed E-state index contributed by atoms with van der Waals surface area (Å²) in [4.78, 5) is 15.5.